The van der Waals surface area contributed by atoms with Crippen LogP contribution in [0.2, 0.25) is 0 Å². The molecule has 0 amide bonds. The Balaban J connectivity index is 2.05. The first-order valence-electron chi connectivity index (χ1n) is 6.84. The number of nitrogens with zero attached hydrogens (tertiary/aromatic N) is 2. The molecule has 0 bridgehead atoms. The summed E-state index contributed by atoms with van der Waals surface area (Å²) in [6.45, 7) is 2.13. The van der Waals surface area contributed by atoms with E-state index in [9.17, 15) is 0 Å². The van der Waals surface area contributed by atoms with E-state index in [4.69, 9.17) is 0 Å². The second-order valence-corrected chi connectivity index (χ2v) is 5.26. The molecule has 0 N–H and O–H groups in total. The number of pyridine rings is 1. The van der Waals surface area contributed by atoms with E-state index in [1.807, 2.05) is 0 Å². The number of aromatic nitrogens is 2. The molecule has 0 aliphatic carbocycles. The summed E-state index contributed by atoms with van der Waals surface area (Å²) in [7, 11) is 4.17. The van der Waals surface area contributed by atoms with Gasteiger partial charge in [-0.05, 0) is 37.3 Å². The number of hydrogen-bond donors (Lipinski definition) is 0. The van der Waals surface area contributed by atoms with Crippen molar-refractivity contribution in [3.05, 3.63) is 65.6 Å². The molecule has 2 heteroatoms. The Morgan fingerprint density at radius 1 is 1.05 bits per heavy atom. The van der Waals surface area contributed by atoms with Gasteiger partial charge in [0.25, 0.3) is 0 Å². The van der Waals surface area contributed by atoms with Gasteiger partial charge in [0.05, 0.1) is 0 Å². The summed E-state index contributed by atoms with van der Waals surface area (Å²) in [6.07, 6.45) is 6.37. The summed E-state index contributed by atoms with van der Waals surface area (Å²) >= 11 is 0. The summed E-state index contributed by atoms with van der Waals surface area (Å²) < 4.78 is 4.34. The minimum atomic E-state index is 1.20. The van der Waals surface area contributed by atoms with Crippen molar-refractivity contribution < 1.29 is 4.57 Å². The molecule has 2 nitrogen and oxygen atoms in total. The fourth-order valence-electron chi connectivity index (χ4n) is 2.52. The van der Waals surface area contributed by atoms with Gasteiger partial charge in [0.1, 0.15) is 7.05 Å². The number of fused-ring (bicyclic) bond motifs is 1. The lowest BCUT2D eigenvalue weighted by Gasteiger charge is -2.01. The average Bonchev–Trinajstić information content (AvgIpc) is 2.83. The monoisotopic (exact) mass is 263 g/mol. The fraction of sp³-hybridized carbons (Fsp3) is 0.167. The van der Waals surface area contributed by atoms with E-state index >= 15 is 0 Å². The molecule has 0 spiro atoms. The molecule has 0 unspecified atom stereocenters. The van der Waals surface area contributed by atoms with Gasteiger partial charge in [0, 0.05) is 42.5 Å². The molecule has 0 aliphatic heterocycles. The van der Waals surface area contributed by atoms with Crippen LogP contribution in [0.25, 0.3) is 23.1 Å². The lowest BCUT2D eigenvalue weighted by molar-refractivity contribution is -0.646. The van der Waals surface area contributed by atoms with Gasteiger partial charge >= 0.3 is 0 Å². The predicted molar refractivity (Wildman–Crippen MR) is 84.2 cm³/mol. The van der Waals surface area contributed by atoms with Crippen LogP contribution in [0.4, 0.5) is 0 Å². The van der Waals surface area contributed by atoms with Crippen LogP contribution in [0, 0.1) is 6.92 Å². The number of benzene rings is 1. The van der Waals surface area contributed by atoms with Gasteiger partial charge in [0.15, 0.2) is 0 Å². The molecule has 0 atom stereocenters. The Kier molecular flexibility index (Phi) is 3.15. The normalized spacial score (nSPS) is 11.6. The number of aryl methyl sites for hydroxylation is 3. The second-order valence-electron chi connectivity index (χ2n) is 5.26. The maximum Gasteiger partial charge on any atom is 0.212 e. The molecule has 0 radical (unpaired) electrons. The molecule has 0 saturated heterocycles. The molecule has 0 aliphatic rings. The highest BCUT2D eigenvalue weighted by Crippen LogP contribution is 2.14. The highest BCUT2D eigenvalue weighted by Gasteiger charge is 2.09. The number of hydrogen-bond acceptors (Lipinski definition) is 0. The molecule has 2 heterocycles. The van der Waals surface area contributed by atoms with Crippen molar-refractivity contribution in [2.75, 3.05) is 0 Å². The van der Waals surface area contributed by atoms with Crippen molar-refractivity contribution in [3.8, 4) is 0 Å². The van der Waals surface area contributed by atoms with Gasteiger partial charge in [-0.25, -0.2) is 0 Å². The molecule has 3 rings (SSSR count). The van der Waals surface area contributed by atoms with Gasteiger partial charge in [-0.2, -0.15) is 4.57 Å². The molecule has 2 aromatic heterocycles. The Morgan fingerprint density at radius 3 is 2.65 bits per heavy atom. The van der Waals surface area contributed by atoms with Crippen molar-refractivity contribution >= 4 is 23.1 Å². The standard InChI is InChI=1S/C18H19N2/c1-14-6-11-18-15(13-14)7-8-17(20(18)3)10-9-16-5-4-12-19(16)2/h4-13H,1-3H3/q+1. The minimum absolute atomic E-state index is 1.20. The van der Waals surface area contributed by atoms with E-state index in [-0.39, 0.29) is 0 Å². The van der Waals surface area contributed by atoms with E-state index in [1.165, 1.54) is 27.9 Å². The van der Waals surface area contributed by atoms with Gasteiger partial charge in [-0.15, -0.1) is 0 Å². The molecule has 1 aromatic carbocycles. The Bertz CT molecular complexity index is 794. The van der Waals surface area contributed by atoms with Crippen molar-refractivity contribution in [2.45, 2.75) is 6.92 Å². The van der Waals surface area contributed by atoms with E-state index in [0.717, 1.165) is 0 Å². The SMILES string of the molecule is Cc1ccc2c(ccc(/C=C/c3cccn3C)[n+]2C)c1. The molecule has 3 aromatic rings. The zero-order valence-electron chi connectivity index (χ0n) is 12.2. The first kappa shape index (κ1) is 12.7. The van der Waals surface area contributed by atoms with Crippen LogP contribution in [-0.4, -0.2) is 4.57 Å². The van der Waals surface area contributed by atoms with Crippen LogP contribution in [-0.2, 0) is 14.1 Å². The topological polar surface area (TPSA) is 8.81 Å². The van der Waals surface area contributed by atoms with Crippen LogP contribution in [0.1, 0.15) is 17.0 Å². The predicted octanol–water partition coefficient (Wildman–Crippen LogP) is 3.48. The maximum absolute atomic E-state index is 2.23. The van der Waals surface area contributed by atoms with Crippen LogP contribution in [0.5, 0.6) is 0 Å². The quantitative estimate of drug-likeness (QED) is 0.626. The summed E-state index contributed by atoms with van der Waals surface area (Å²) in [4.78, 5) is 0. The lowest BCUT2D eigenvalue weighted by atomic mass is 10.1. The van der Waals surface area contributed by atoms with Crippen LogP contribution < -0.4 is 4.57 Å². The lowest BCUT2D eigenvalue weighted by Crippen LogP contribution is -2.32. The van der Waals surface area contributed by atoms with E-state index in [0.29, 0.717) is 0 Å². The zero-order valence-corrected chi connectivity index (χ0v) is 12.2. The second kappa shape index (κ2) is 4.97. The highest BCUT2D eigenvalue weighted by molar-refractivity contribution is 5.78. The Morgan fingerprint density at radius 2 is 1.90 bits per heavy atom. The summed E-state index contributed by atoms with van der Waals surface area (Å²) in [6, 6.07) is 15.1. The first-order chi connectivity index (χ1) is 9.65. The maximum atomic E-state index is 2.23. The molecule has 20 heavy (non-hydrogen) atoms. The van der Waals surface area contributed by atoms with E-state index in [1.54, 1.807) is 0 Å². The Labute approximate surface area is 119 Å². The third-order valence-corrected chi connectivity index (χ3v) is 3.77. The summed E-state index contributed by atoms with van der Waals surface area (Å²) in [5.74, 6) is 0. The van der Waals surface area contributed by atoms with Gasteiger partial charge in [-0.1, -0.05) is 11.6 Å². The summed E-state index contributed by atoms with van der Waals surface area (Å²) in [5, 5.41) is 1.28. The van der Waals surface area contributed by atoms with Crippen LogP contribution >= 0.6 is 0 Å². The Hall–Kier alpha value is -2.35. The fourth-order valence-corrected chi connectivity index (χ4v) is 2.52. The van der Waals surface area contributed by atoms with Gasteiger partial charge in [0.2, 0.25) is 11.2 Å². The highest BCUT2D eigenvalue weighted by atomic mass is 14.9. The average molecular weight is 263 g/mol. The van der Waals surface area contributed by atoms with Gasteiger partial charge in [-0.3, -0.25) is 0 Å². The molecular weight excluding hydrogens is 244 g/mol. The molecular formula is C18H19N2+. The van der Waals surface area contributed by atoms with Crippen LogP contribution in [0.3, 0.4) is 0 Å². The third-order valence-electron chi connectivity index (χ3n) is 3.77. The van der Waals surface area contributed by atoms with E-state index < -0.39 is 0 Å². The van der Waals surface area contributed by atoms with E-state index in [2.05, 4.69) is 91.0 Å². The minimum Gasteiger partial charge on any atom is -0.351 e. The number of rotatable bonds is 2. The van der Waals surface area contributed by atoms with Crippen molar-refractivity contribution in [1.82, 2.24) is 4.57 Å². The summed E-state index contributed by atoms with van der Waals surface area (Å²) in [5.41, 5.74) is 4.95. The van der Waals surface area contributed by atoms with Crippen molar-refractivity contribution in [2.24, 2.45) is 14.1 Å². The largest absolute Gasteiger partial charge is 0.351 e. The molecule has 0 fully saturated rings. The molecule has 100 valence electrons. The zero-order chi connectivity index (χ0) is 14.1. The first-order valence-corrected chi connectivity index (χ1v) is 6.84. The third kappa shape index (κ3) is 2.25. The van der Waals surface area contributed by atoms with Gasteiger partial charge < -0.3 is 4.57 Å². The van der Waals surface area contributed by atoms with Crippen molar-refractivity contribution in [1.29, 1.82) is 0 Å². The molecule has 0 saturated carbocycles. The van der Waals surface area contributed by atoms with Crippen LogP contribution in [0.15, 0.2) is 48.7 Å². The smallest absolute Gasteiger partial charge is 0.212 e. The van der Waals surface area contributed by atoms with Crippen molar-refractivity contribution in [3.63, 3.8) is 0 Å².